The molecule has 2 N–H and O–H groups in total. The van der Waals surface area contributed by atoms with Crippen molar-refractivity contribution in [2.75, 3.05) is 60.5 Å². The minimum absolute atomic E-state index is 0.0954. The highest BCUT2D eigenvalue weighted by atomic mass is 16.8. The van der Waals surface area contributed by atoms with Gasteiger partial charge in [-0.15, -0.1) is 5.01 Å². The van der Waals surface area contributed by atoms with Crippen LogP contribution in [0.1, 0.15) is 83.7 Å². The number of hydrogen-bond acceptors (Lipinski definition) is 10. The topological polar surface area (TPSA) is 165 Å². The van der Waals surface area contributed by atoms with Gasteiger partial charge in [0.1, 0.15) is 10.9 Å². The monoisotopic (exact) mass is 959 g/mol. The van der Waals surface area contributed by atoms with Gasteiger partial charge >= 0.3 is 6.17 Å². The van der Waals surface area contributed by atoms with E-state index in [9.17, 15) is 24.2 Å². The largest absolute Gasteiger partial charge is 0.375 e. The van der Waals surface area contributed by atoms with E-state index >= 15 is 0 Å². The van der Waals surface area contributed by atoms with Gasteiger partial charge in [0, 0.05) is 93.1 Å². The van der Waals surface area contributed by atoms with Crippen LogP contribution in [-0.2, 0) is 43.3 Å². The molecule has 0 aliphatic carbocycles. The van der Waals surface area contributed by atoms with Crippen molar-refractivity contribution in [3.63, 3.8) is 0 Å². The lowest BCUT2D eigenvalue weighted by molar-refractivity contribution is -0.835. The molecule has 8 rings (SSSR count). The van der Waals surface area contributed by atoms with Crippen LogP contribution in [-0.4, -0.2) is 142 Å². The minimum Gasteiger partial charge on any atom is -0.375 e. The van der Waals surface area contributed by atoms with E-state index in [0.717, 1.165) is 68.1 Å². The number of benzene rings is 2. The van der Waals surface area contributed by atoms with Gasteiger partial charge < -0.3 is 24.4 Å². The van der Waals surface area contributed by atoms with E-state index < -0.39 is 41.5 Å². The summed E-state index contributed by atoms with van der Waals surface area (Å²) in [5.74, 6) is 4.45. The number of nitrogens with zero attached hydrogens (tertiary/aromatic N) is 8. The Morgan fingerprint density at radius 2 is 1.84 bits per heavy atom. The lowest BCUT2D eigenvalue weighted by Crippen LogP contribution is -2.62. The maximum Gasteiger partial charge on any atom is 0.326 e. The molecule has 3 amide bonds. The number of nitroso groups, excluding NO2 is 1. The fourth-order valence-corrected chi connectivity index (χ4v) is 10.6. The number of methoxy groups -OCH3 is 1. The average molecular weight is 959 g/mol. The van der Waals surface area contributed by atoms with E-state index in [1.54, 1.807) is 25.3 Å². The molecule has 0 unspecified atom stereocenters. The number of aryl methyl sites for hydroxylation is 1. The first-order valence-electron chi connectivity index (χ1n) is 24.8. The Morgan fingerprint density at radius 3 is 2.57 bits per heavy atom. The molecular weight excluding hydrogens is 889 g/mol. The molecule has 3 fully saturated rings. The van der Waals surface area contributed by atoms with Crippen LogP contribution < -0.4 is 10.7 Å². The van der Waals surface area contributed by atoms with Crippen molar-refractivity contribution in [1.29, 1.82) is 0 Å². The van der Waals surface area contributed by atoms with Gasteiger partial charge in [-0.25, -0.2) is 4.84 Å². The van der Waals surface area contributed by atoms with Crippen molar-refractivity contribution < 1.29 is 33.8 Å². The van der Waals surface area contributed by atoms with Gasteiger partial charge in [-0.05, 0) is 92.1 Å². The molecule has 2 aromatic heterocycles. The Labute approximate surface area is 411 Å². The molecule has 4 aliphatic heterocycles. The van der Waals surface area contributed by atoms with E-state index in [2.05, 4.69) is 89.2 Å². The fourth-order valence-electron chi connectivity index (χ4n) is 10.6. The first-order chi connectivity index (χ1) is 33.5. The van der Waals surface area contributed by atoms with Crippen molar-refractivity contribution >= 4 is 28.6 Å². The zero-order chi connectivity index (χ0) is 50.0. The molecule has 0 spiro atoms. The minimum atomic E-state index is -1.07. The lowest BCUT2D eigenvalue weighted by Gasteiger charge is -2.33. The molecule has 6 bridgehead atoms. The highest BCUT2D eigenvalue weighted by Gasteiger charge is 2.45. The third-order valence-corrected chi connectivity index (χ3v) is 14.4. The van der Waals surface area contributed by atoms with Gasteiger partial charge in [-0.2, -0.15) is 5.43 Å². The molecular formula is C53H70N10O7+2. The van der Waals surface area contributed by atoms with Crippen LogP contribution in [0.15, 0.2) is 60.8 Å². The van der Waals surface area contributed by atoms with Crippen LogP contribution in [0, 0.1) is 38.9 Å². The second-order valence-corrected chi connectivity index (χ2v) is 20.7. The standard InChI is InChI=1S/C53H69N10O7/c1-10-60-45-20-19-39-28-42(45)43(50(60)41-16-12-23-54-48(41)35(4)69-9)29-53(5,6)33-70-63(68)46-17-13-24-61(56-46)52(66)44(27-36-14-11-15-38(39)26-36)55-51(65)49(34(2)3)58(8)62(67)40-22-25-59(32-40)47(64)21-18-37-30-57(7)31-37/h11-12,14-16,19-20,23,26,28,34-35,37,40,44,46,49,56H,10,13,17,22,24-25,27,29-33H2,1-9H3/q+1/p+1/t35-,40-,44-,46+,49-/m0/s1. The number of likely N-dealkylation sites (tertiary alicyclic amines) is 2. The number of amides is 3. The van der Waals surface area contributed by atoms with E-state index in [-0.39, 0.29) is 43.4 Å². The number of pyridine rings is 1. The molecule has 17 nitrogen and oxygen atoms in total. The summed E-state index contributed by atoms with van der Waals surface area (Å²) in [4.78, 5) is 86.3. The molecule has 2 aromatic carbocycles. The Hall–Kier alpha value is -6.22. The SMILES string of the molecule is CCn1c(-c2cccnc2[C@H](C)OC)c2c3cc(ccc31)-c1cccc(c1)C[C@H](NC(=O)[C@H](C(C)C)N(C)[N+](=O)[C@H]1CCN(C(=O)C#CC3CN(C)C3)C1)C(=O)N1CCC[C@H](N1)[N+](=O)OCC(C)(C)C2. The number of hydrogen-bond donors (Lipinski definition) is 2. The summed E-state index contributed by atoms with van der Waals surface area (Å²) >= 11 is 0. The quantitative estimate of drug-likeness (QED) is 0.114. The highest BCUT2D eigenvalue weighted by Crippen LogP contribution is 2.42. The van der Waals surface area contributed by atoms with Gasteiger partial charge in [0.15, 0.2) is 12.6 Å². The average Bonchev–Trinajstić information content (AvgIpc) is 3.96. The van der Waals surface area contributed by atoms with Crippen molar-refractivity contribution in [2.45, 2.75) is 111 Å². The maximum absolute atomic E-state index is 14.8. The van der Waals surface area contributed by atoms with Crippen LogP contribution in [0.5, 0.6) is 0 Å². The zero-order valence-electron chi connectivity index (χ0n) is 42.2. The first-order valence-corrected chi connectivity index (χ1v) is 24.8. The van der Waals surface area contributed by atoms with Crippen molar-refractivity contribution in [3.05, 3.63) is 87.4 Å². The second kappa shape index (κ2) is 21.0. The highest BCUT2D eigenvalue weighted by molar-refractivity contribution is 5.96. The predicted octanol–water partition coefficient (Wildman–Crippen LogP) is 5.69. The maximum atomic E-state index is 14.8. The third-order valence-electron chi connectivity index (χ3n) is 14.4. The van der Waals surface area contributed by atoms with Gasteiger partial charge in [-0.1, -0.05) is 63.9 Å². The Balaban J connectivity index is 1.12. The molecule has 372 valence electrons. The second-order valence-electron chi connectivity index (χ2n) is 20.7. The summed E-state index contributed by atoms with van der Waals surface area (Å²) in [5, 5.41) is 6.94. The lowest BCUT2D eigenvalue weighted by atomic mass is 9.84. The third kappa shape index (κ3) is 10.6. The van der Waals surface area contributed by atoms with Crippen LogP contribution >= 0.6 is 0 Å². The van der Waals surface area contributed by atoms with E-state index in [0.29, 0.717) is 50.2 Å². The summed E-state index contributed by atoms with van der Waals surface area (Å²) in [7, 11) is 5.28. The normalized spacial score (nSPS) is 21.8. The van der Waals surface area contributed by atoms with Gasteiger partial charge in [0.05, 0.1) is 40.9 Å². The molecule has 0 radical (unpaired) electrons. The Bertz CT molecular complexity index is 2700. The predicted molar refractivity (Wildman–Crippen MR) is 266 cm³/mol. The number of rotatable bonds is 10. The van der Waals surface area contributed by atoms with Gasteiger partial charge in [0.25, 0.3) is 17.9 Å². The Morgan fingerprint density at radius 1 is 1.07 bits per heavy atom. The molecule has 6 heterocycles. The van der Waals surface area contributed by atoms with Crippen LogP contribution in [0.2, 0.25) is 0 Å². The molecule has 5 atom stereocenters. The number of nitrogens with one attached hydrogen (secondary N) is 2. The van der Waals surface area contributed by atoms with E-state index in [1.807, 2.05) is 46.0 Å². The van der Waals surface area contributed by atoms with Crippen LogP contribution in [0.4, 0.5) is 0 Å². The number of carbonyl (C=O) groups is 3. The van der Waals surface area contributed by atoms with Gasteiger partial charge in [0.2, 0.25) is 10.8 Å². The molecule has 17 heteroatoms. The first kappa shape index (κ1) is 50.2. The van der Waals surface area contributed by atoms with Crippen LogP contribution in [0.3, 0.4) is 0 Å². The molecule has 70 heavy (non-hydrogen) atoms. The van der Waals surface area contributed by atoms with Crippen molar-refractivity contribution in [2.24, 2.45) is 17.3 Å². The van der Waals surface area contributed by atoms with Gasteiger partial charge in [-0.3, -0.25) is 24.4 Å². The Kier molecular flexibility index (Phi) is 15.1. The molecule has 3 saturated heterocycles. The van der Waals surface area contributed by atoms with Crippen molar-refractivity contribution in [3.8, 4) is 34.2 Å². The summed E-state index contributed by atoms with van der Waals surface area (Å²) in [6.07, 6.45) is 2.75. The number of aromatic nitrogens is 2. The zero-order valence-corrected chi connectivity index (χ0v) is 42.2. The molecule has 0 saturated carbocycles. The summed E-state index contributed by atoms with van der Waals surface area (Å²) in [5.41, 5.74) is 10.4. The van der Waals surface area contributed by atoms with Crippen molar-refractivity contribution in [1.82, 2.24) is 40.1 Å². The smallest absolute Gasteiger partial charge is 0.326 e. The van der Waals surface area contributed by atoms with E-state index in [1.165, 1.54) is 10.0 Å². The number of hydrazine groups is 2. The number of carbonyl (C=O) groups excluding carboxylic acids is 3. The number of likely N-dealkylation sites (N-methyl/N-ethyl adjacent to an activating group) is 1. The summed E-state index contributed by atoms with van der Waals surface area (Å²) < 4.78 is 8.16. The molecule has 4 aromatic rings. The summed E-state index contributed by atoms with van der Waals surface area (Å²) in [6, 6.07) is 16.0. The van der Waals surface area contributed by atoms with Crippen LogP contribution in [0.25, 0.3) is 33.3 Å². The van der Waals surface area contributed by atoms with E-state index in [4.69, 9.17) is 14.6 Å². The number of ether oxygens (including phenoxy) is 1. The molecule has 4 aliphatic rings. The number of fused-ring (bicyclic) bond motifs is 6. The summed E-state index contributed by atoms with van der Waals surface area (Å²) in [6.45, 7) is 15.4. The fraction of sp³-hybridized carbons (Fsp3) is 0.547.